The number of urea groups is 1. The van der Waals surface area contributed by atoms with Gasteiger partial charge in [0.15, 0.2) is 0 Å². The Labute approximate surface area is 199 Å². The Morgan fingerprint density at radius 3 is 2.24 bits per heavy atom. The minimum absolute atomic E-state index is 0.0197. The van der Waals surface area contributed by atoms with Gasteiger partial charge in [-0.25, -0.2) is 9.59 Å². The molecule has 3 amide bonds. The lowest BCUT2D eigenvalue weighted by atomic mass is 10.0. The van der Waals surface area contributed by atoms with Gasteiger partial charge in [-0.2, -0.15) is 0 Å². The van der Waals surface area contributed by atoms with Crippen molar-refractivity contribution >= 4 is 57.6 Å². The second-order valence-corrected chi connectivity index (χ2v) is 7.96. The van der Waals surface area contributed by atoms with Gasteiger partial charge in [0.1, 0.15) is 6.04 Å². The van der Waals surface area contributed by atoms with E-state index in [1.54, 1.807) is 55.5 Å². The molecule has 1 atom stereocenters. The van der Waals surface area contributed by atoms with Crippen molar-refractivity contribution in [3.63, 3.8) is 0 Å². The van der Waals surface area contributed by atoms with Crippen LogP contribution in [0, 0.1) is 6.92 Å². The number of carbonyl (C=O) groups is 4. The van der Waals surface area contributed by atoms with Crippen molar-refractivity contribution in [2.24, 2.45) is 0 Å². The maximum atomic E-state index is 13.0. The van der Waals surface area contributed by atoms with Gasteiger partial charge in [-0.3, -0.25) is 9.59 Å². The monoisotopic (exact) mass is 483 g/mol. The molecule has 9 nitrogen and oxygen atoms in total. The average Bonchev–Trinajstić information content (AvgIpc) is 2.78. The summed E-state index contributed by atoms with van der Waals surface area (Å²) in [4.78, 5) is 48.1. The van der Waals surface area contributed by atoms with Crippen molar-refractivity contribution < 1.29 is 29.4 Å². The Balaban J connectivity index is 1.91. The number of para-hydroxylation sites is 1. The van der Waals surface area contributed by atoms with Gasteiger partial charge in [-0.15, -0.1) is 0 Å². The zero-order chi connectivity index (χ0) is 24.8. The number of fused-ring (bicyclic) bond motifs is 1. The average molecular weight is 484 g/mol. The summed E-state index contributed by atoms with van der Waals surface area (Å²) in [5.74, 6) is -3.32. The van der Waals surface area contributed by atoms with E-state index in [0.29, 0.717) is 16.1 Å². The Morgan fingerprint density at radius 2 is 1.62 bits per heavy atom. The summed E-state index contributed by atoms with van der Waals surface area (Å²) in [5, 5.41) is 27.6. The zero-order valence-electron chi connectivity index (χ0n) is 18.1. The first-order chi connectivity index (χ1) is 16.2. The smallest absolute Gasteiger partial charge is 0.326 e. The van der Waals surface area contributed by atoms with Crippen LogP contribution in [0.15, 0.2) is 54.6 Å². The number of benzene rings is 3. The summed E-state index contributed by atoms with van der Waals surface area (Å²) in [5.41, 5.74) is 1.31. The van der Waals surface area contributed by atoms with Crippen LogP contribution in [-0.2, 0) is 9.59 Å². The van der Waals surface area contributed by atoms with Crippen molar-refractivity contribution in [1.82, 2.24) is 5.32 Å². The van der Waals surface area contributed by atoms with Gasteiger partial charge in [-0.1, -0.05) is 48.0 Å². The number of hydrogen-bond donors (Lipinski definition) is 5. The fraction of sp³-hybridized carbons (Fsp3) is 0.167. The highest BCUT2D eigenvalue weighted by atomic mass is 35.5. The summed E-state index contributed by atoms with van der Waals surface area (Å²) in [6.07, 6.45) is -0.724. The molecular formula is C24H22ClN3O6. The predicted octanol–water partition coefficient (Wildman–Crippen LogP) is 4.49. The van der Waals surface area contributed by atoms with Gasteiger partial charge in [-0.05, 0) is 47.9 Å². The summed E-state index contributed by atoms with van der Waals surface area (Å²) in [7, 11) is 0. The molecule has 0 bridgehead atoms. The highest BCUT2D eigenvalue weighted by Gasteiger charge is 2.24. The number of nitrogens with one attached hydrogen (secondary N) is 3. The second kappa shape index (κ2) is 10.7. The molecule has 0 radical (unpaired) electrons. The van der Waals surface area contributed by atoms with Crippen LogP contribution in [0.3, 0.4) is 0 Å². The van der Waals surface area contributed by atoms with E-state index < -0.39 is 36.3 Å². The fourth-order valence-corrected chi connectivity index (χ4v) is 3.62. The van der Waals surface area contributed by atoms with E-state index in [4.69, 9.17) is 16.7 Å². The zero-order valence-corrected chi connectivity index (χ0v) is 18.8. The van der Waals surface area contributed by atoms with Gasteiger partial charge >= 0.3 is 18.0 Å². The third-order valence-electron chi connectivity index (χ3n) is 5.09. The number of rotatable bonds is 8. The topological polar surface area (TPSA) is 145 Å². The van der Waals surface area contributed by atoms with E-state index in [2.05, 4.69) is 16.0 Å². The molecule has 10 heteroatoms. The highest BCUT2D eigenvalue weighted by Crippen LogP contribution is 2.27. The maximum Gasteiger partial charge on any atom is 0.326 e. The van der Waals surface area contributed by atoms with Crippen molar-refractivity contribution in [3.05, 3.63) is 70.7 Å². The number of aliphatic carboxylic acids is 2. The van der Waals surface area contributed by atoms with Gasteiger partial charge in [0.25, 0.3) is 5.91 Å². The minimum Gasteiger partial charge on any atom is -0.481 e. The predicted molar refractivity (Wildman–Crippen MR) is 129 cm³/mol. The molecule has 0 unspecified atom stereocenters. The summed E-state index contributed by atoms with van der Waals surface area (Å²) >= 11 is 6.17. The number of carboxylic acids is 2. The third-order valence-corrected chi connectivity index (χ3v) is 5.40. The van der Waals surface area contributed by atoms with E-state index >= 15 is 0 Å². The second-order valence-electron chi connectivity index (χ2n) is 7.55. The molecule has 0 aromatic heterocycles. The first-order valence-electron chi connectivity index (χ1n) is 10.3. The molecule has 0 spiro atoms. The van der Waals surface area contributed by atoms with Crippen LogP contribution in [0.5, 0.6) is 0 Å². The first kappa shape index (κ1) is 24.5. The molecule has 0 saturated heterocycles. The largest absolute Gasteiger partial charge is 0.481 e. The van der Waals surface area contributed by atoms with Gasteiger partial charge in [0.05, 0.1) is 22.0 Å². The lowest BCUT2D eigenvalue weighted by Crippen LogP contribution is -2.41. The number of amides is 3. The third kappa shape index (κ3) is 6.02. The summed E-state index contributed by atoms with van der Waals surface area (Å²) in [6, 6.07) is 13.3. The number of carboxylic acid groups (broad SMARTS) is 2. The van der Waals surface area contributed by atoms with E-state index in [-0.39, 0.29) is 17.7 Å². The Hall–Kier alpha value is -4.11. The number of anilines is 2. The van der Waals surface area contributed by atoms with Crippen molar-refractivity contribution in [1.29, 1.82) is 0 Å². The van der Waals surface area contributed by atoms with Crippen LogP contribution in [0.4, 0.5) is 16.2 Å². The van der Waals surface area contributed by atoms with Crippen LogP contribution >= 0.6 is 11.6 Å². The SMILES string of the molecule is Cc1cccc(Cl)c1NC(=O)Nc1cc2ccccc2cc1C(=O)N[C@@H](CCC(=O)O)C(=O)O. The molecular weight excluding hydrogens is 462 g/mol. The minimum atomic E-state index is -1.41. The van der Waals surface area contributed by atoms with Crippen LogP contribution in [0.2, 0.25) is 5.02 Å². The normalized spacial score (nSPS) is 11.5. The highest BCUT2D eigenvalue weighted by molar-refractivity contribution is 6.34. The van der Waals surface area contributed by atoms with E-state index in [1.165, 1.54) is 6.07 Å². The van der Waals surface area contributed by atoms with Crippen molar-refractivity contribution in [2.75, 3.05) is 10.6 Å². The molecule has 5 N–H and O–H groups in total. The van der Waals surface area contributed by atoms with Gasteiger partial charge in [0.2, 0.25) is 0 Å². The molecule has 176 valence electrons. The van der Waals surface area contributed by atoms with Crippen molar-refractivity contribution in [3.8, 4) is 0 Å². The lowest BCUT2D eigenvalue weighted by Gasteiger charge is -2.17. The van der Waals surface area contributed by atoms with Crippen LogP contribution in [0.25, 0.3) is 10.8 Å². The molecule has 0 aliphatic carbocycles. The Morgan fingerprint density at radius 1 is 0.941 bits per heavy atom. The standard InChI is InChI=1S/C24H22ClN3O6/c1-13-5-4-8-17(25)21(13)28-24(34)27-19-12-15-7-3-2-6-14(15)11-16(19)22(31)26-18(23(32)33)9-10-20(29)30/h2-8,11-12,18H,9-10H2,1H3,(H,26,31)(H,29,30)(H,32,33)(H2,27,28,34)/t18-/m0/s1. The molecule has 0 heterocycles. The van der Waals surface area contributed by atoms with E-state index in [0.717, 1.165) is 10.9 Å². The molecule has 0 aliphatic heterocycles. The molecule has 0 saturated carbocycles. The quantitative estimate of drug-likeness (QED) is 0.319. The lowest BCUT2D eigenvalue weighted by molar-refractivity contribution is -0.140. The summed E-state index contributed by atoms with van der Waals surface area (Å²) in [6.45, 7) is 1.78. The summed E-state index contributed by atoms with van der Waals surface area (Å²) < 4.78 is 0. The fourth-order valence-electron chi connectivity index (χ4n) is 3.35. The number of aryl methyl sites for hydroxylation is 1. The molecule has 3 aromatic carbocycles. The van der Waals surface area contributed by atoms with Crippen LogP contribution in [0.1, 0.15) is 28.8 Å². The first-order valence-corrected chi connectivity index (χ1v) is 10.6. The molecule has 3 rings (SSSR count). The number of hydrogen-bond acceptors (Lipinski definition) is 4. The van der Waals surface area contributed by atoms with Crippen LogP contribution < -0.4 is 16.0 Å². The van der Waals surface area contributed by atoms with E-state index in [1.807, 2.05) is 0 Å². The van der Waals surface area contributed by atoms with Gasteiger partial charge in [0, 0.05) is 6.42 Å². The number of carbonyl (C=O) groups excluding carboxylic acids is 2. The van der Waals surface area contributed by atoms with Crippen LogP contribution in [-0.4, -0.2) is 40.1 Å². The Kier molecular flexibility index (Phi) is 7.70. The van der Waals surface area contributed by atoms with E-state index in [9.17, 15) is 24.3 Å². The molecule has 34 heavy (non-hydrogen) atoms. The van der Waals surface area contributed by atoms with Crippen molar-refractivity contribution in [2.45, 2.75) is 25.8 Å². The molecule has 3 aromatic rings. The maximum absolute atomic E-state index is 13.0. The number of halogens is 1. The molecule has 0 aliphatic rings. The Bertz CT molecular complexity index is 1260. The molecule has 0 fully saturated rings. The van der Waals surface area contributed by atoms with Gasteiger partial charge < -0.3 is 26.2 Å².